The maximum atomic E-state index is 11.0. The quantitative estimate of drug-likeness (QED) is 0.652. The molecule has 0 bridgehead atoms. The monoisotopic (exact) mass is 283 g/mol. The Hall–Kier alpha value is -1.86. The number of benzene rings is 1. The van der Waals surface area contributed by atoms with Crippen LogP contribution in [0.3, 0.4) is 0 Å². The van der Waals surface area contributed by atoms with Gasteiger partial charge in [0.2, 0.25) is 0 Å². The Morgan fingerprint density at radius 2 is 2.30 bits per heavy atom. The molecule has 2 rings (SSSR count). The Balaban J connectivity index is 2.29. The van der Waals surface area contributed by atoms with E-state index in [2.05, 4.69) is 0 Å². The number of ether oxygens (including phenoxy) is 3. The molecule has 0 amide bonds. The molecule has 110 valence electrons. The Bertz CT molecular complexity index is 484. The number of nitrogens with zero attached hydrogens (tertiary/aromatic N) is 1. The van der Waals surface area contributed by atoms with Gasteiger partial charge in [0, 0.05) is 6.61 Å². The molecule has 0 saturated carbocycles. The molecular formula is C13H17NO6. The van der Waals surface area contributed by atoms with E-state index in [1.807, 2.05) is 0 Å². The molecule has 1 aliphatic rings. The molecule has 1 aromatic rings. The lowest BCUT2D eigenvalue weighted by molar-refractivity contribution is -0.386. The molecule has 0 radical (unpaired) electrons. The highest BCUT2D eigenvalue weighted by Gasteiger charge is 2.22. The topological polar surface area (TPSA) is 91.1 Å². The van der Waals surface area contributed by atoms with Crippen LogP contribution in [0.15, 0.2) is 12.1 Å². The molecule has 1 atom stereocenters. The van der Waals surface area contributed by atoms with Crippen LogP contribution in [0.5, 0.6) is 11.5 Å². The summed E-state index contributed by atoms with van der Waals surface area (Å²) < 4.78 is 16.2. The zero-order valence-corrected chi connectivity index (χ0v) is 11.2. The first-order chi connectivity index (χ1) is 9.65. The zero-order valence-electron chi connectivity index (χ0n) is 11.2. The van der Waals surface area contributed by atoms with Crippen LogP contribution in [-0.2, 0) is 11.3 Å². The van der Waals surface area contributed by atoms with Crippen LogP contribution < -0.4 is 9.47 Å². The summed E-state index contributed by atoms with van der Waals surface area (Å²) in [4.78, 5) is 10.5. The highest BCUT2D eigenvalue weighted by Crippen LogP contribution is 2.36. The van der Waals surface area contributed by atoms with E-state index in [0.717, 1.165) is 12.8 Å². The number of aliphatic hydroxyl groups is 1. The van der Waals surface area contributed by atoms with Crippen molar-refractivity contribution in [2.75, 3.05) is 20.3 Å². The average molecular weight is 283 g/mol. The standard InChI is InChI=1S/C13H17NO6/c1-18-12-5-9(7-15)11(14(16)17)6-13(12)20-10-3-2-4-19-8-10/h5-6,10,15H,2-4,7-8H2,1H3. The minimum Gasteiger partial charge on any atom is -0.493 e. The Kier molecular flexibility index (Phi) is 4.75. The lowest BCUT2D eigenvalue weighted by atomic mass is 10.1. The van der Waals surface area contributed by atoms with E-state index in [4.69, 9.17) is 14.2 Å². The van der Waals surface area contributed by atoms with Crippen molar-refractivity contribution in [2.45, 2.75) is 25.6 Å². The third-order valence-electron chi connectivity index (χ3n) is 3.14. The molecular weight excluding hydrogens is 266 g/mol. The third kappa shape index (κ3) is 3.17. The number of rotatable bonds is 5. The van der Waals surface area contributed by atoms with Gasteiger partial charge in [-0.1, -0.05) is 0 Å². The molecule has 1 aliphatic heterocycles. The van der Waals surface area contributed by atoms with Gasteiger partial charge < -0.3 is 19.3 Å². The van der Waals surface area contributed by atoms with Gasteiger partial charge in [-0.3, -0.25) is 10.1 Å². The predicted molar refractivity (Wildman–Crippen MR) is 70.0 cm³/mol. The highest BCUT2D eigenvalue weighted by molar-refractivity contribution is 5.54. The van der Waals surface area contributed by atoms with E-state index < -0.39 is 11.5 Å². The van der Waals surface area contributed by atoms with E-state index in [9.17, 15) is 15.2 Å². The van der Waals surface area contributed by atoms with Crippen LogP contribution in [0.4, 0.5) is 5.69 Å². The summed E-state index contributed by atoms with van der Waals surface area (Å²) in [6.45, 7) is 0.735. The van der Waals surface area contributed by atoms with Gasteiger partial charge in [0.1, 0.15) is 6.10 Å². The fourth-order valence-corrected chi connectivity index (χ4v) is 2.12. The molecule has 1 heterocycles. The third-order valence-corrected chi connectivity index (χ3v) is 3.14. The molecule has 0 spiro atoms. The summed E-state index contributed by atoms with van der Waals surface area (Å²) >= 11 is 0. The normalized spacial score (nSPS) is 18.6. The first kappa shape index (κ1) is 14.5. The molecule has 1 fully saturated rings. The van der Waals surface area contributed by atoms with Crippen LogP contribution in [0.2, 0.25) is 0 Å². The van der Waals surface area contributed by atoms with Crippen LogP contribution >= 0.6 is 0 Å². The molecule has 7 heteroatoms. The van der Waals surface area contributed by atoms with Gasteiger partial charge in [0.25, 0.3) is 5.69 Å². The molecule has 20 heavy (non-hydrogen) atoms. The Morgan fingerprint density at radius 3 is 2.85 bits per heavy atom. The van der Waals surface area contributed by atoms with E-state index in [0.29, 0.717) is 24.7 Å². The largest absolute Gasteiger partial charge is 0.493 e. The van der Waals surface area contributed by atoms with Crippen molar-refractivity contribution in [2.24, 2.45) is 0 Å². The Morgan fingerprint density at radius 1 is 1.50 bits per heavy atom. The molecule has 1 unspecified atom stereocenters. The number of nitro benzene ring substituents is 1. The van der Waals surface area contributed by atoms with Gasteiger partial charge in [-0.15, -0.1) is 0 Å². The molecule has 1 aromatic carbocycles. The minimum absolute atomic E-state index is 0.141. The first-order valence-corrected chi connectivity index (χ1v) is 6.36. The smallest absolute Gasteiger partial charge is 0.278 e. The number of hydrogen-bond acceptors (Lipinski definition) is 6. The first-order valence-electron chi connectivity index (χ1n) is 6.36. The maximum absolute atomic E-state index is 11.0. The highest BCUT2D eigenvalue weighted by atomic mass is 16.6. The van der Waals surface area contributed by atoms with Crippen LogP contribution in [0.1, 0.15) is 18.4 Å². The minimum atomic E-state index is -0.546. The number of aliphatic hydroxyl groups excluding tert-OH is 1. The van der Waals surface area contributed by atoms with E-state index in [1.54, 1.807) is 0 Å². The summed E-state index contributed by atoms with van der Waals surface area (Å²) in [6.07, 6.45) is 1.58. The van der Waals surface area contributed by atoms with Crippen molar-refractivity contribution in [3.8, 4) is 11.5 Å². The summed E-state index contributed by atoms with van der Waals surface area (Å²) in [7, 11) is 1.45. The maximum Gasteiger partial charge on any atom is 0.278 e. The van der Waals surface area contributed by atoms with Crippen LogP contribution in [0, 0.1) is 10.1 Å². The average Bonchev–Trinajstić information content (AvgIpc) is 2.47. The molecule has 7 nitrogen and oxygen atoms in total. The van der Waals surface area contributed by atoms with Gasteiger partial charge in [0.15, 0.2) is 11.5 Å². The fourth-order valence-electron chi connectivity index (χ4n) is 2.12. The number of methoxy groups -OCH3 is 1. The summed E-state index contributed by atoms with van der Waals surface area (Å²) in [5.41, 5.74) is 0.0131. The van der Waals surface area contributed by atoms with Crippen LogP contribution in [-0.4, -0.2) is 36.5 Å². The Labute approximate surface area is 116 Å². The molecule has 0 aromatic heterocycles. The predicted octanol–water partition coefficient (Wildman–Crippen LogP) is 1.65. The van der Waals surface area contributed by atoms with Gasteiger partial charge in [-0.25, -0.2) is 0 Å². The second-order valence-electron chi connectivity index (χ2n) is 4.50. The van der Waals surface area contributed by atoms with E-state index >= 15 is 0 Å². The second kappa shape index (κ2) is 6.53. The van der Waals surface area contributed by atoms with Crippen molar-refractivity contribution in [3.63, 3.8) is 0 Å². The van der Waals surface area contributed by atoms with Gasteiger partial charge in [-0.2, -0.15) is 0 Å². The van der Waals surface area contributed by atoms with Gasteiger partial charge in [-0.05, 0) is 18.9 Å². The fraction of sp³-hybridized carbons (Fsp3) is 0.538. The number of hydrogen-bond donors (Lipinski definition) is 1. The van der Waals surface area contributed by atoms with E-state index in [-0.39, 0.29) is 17.4 Å². The van der Waals surface area contributed by atoms with E-state index in [1.165, 1.54) is 19.2 Å². The van der Waals surface area contributed by atoms with Crippen molar-refractivity contribution in [3.05, 3.63) is 27.8 Å². The van der Waals surface area contributed by atoms with Gasteiger partial charge >= 0.3 is 0 Å². The molecule has 1 N–H and O–H groups in total. The van der Waals surface area contributed by atoms with Gasteiger partial charge in [0.05, 0.1) is 36.9 Å². The lowest BCUT2D eigenvalue weighted by Crippen LogP contribution is -2.28. The van der Waals surface area contributed by atoms with Crippen molar-refractivity contribution in [1.29, 1.82) is 0 Å². The SMILES string of the molecule is COc1cc(CO)c([N+](=O)[O-])cc1OC1CCCOC1. The summed E-state index contributed by atoms with van der Waals surface area (Å²) in [5.74, 6) is 0.664. The van der Waals surface area contributed by atoms with Crippen molar-refractivity contribution < 1.29 is 24.2 Å². The van der Waals surface area contributed by atoms with Crippen molar-refractivity contribution >= 4 is 5.69 Å². The molecule has 0 aliphatic carbocycles. The molecule has 1 saturated heterocycles. The number of nitro groups is 1. The van der Waals surface area contributed by atoms with Crippen molar-refractivity contribution in [1.82, 2.24) is 0 Å². The zero-order chi connectivity index (χ0) is 14.5. The summed E-state index contributed by atoms with van der Waals surface area (Å²) in [6, 6.07) is 2.72. The second-order valence-corrected chi connectivity index (χ2v) is 4.50. The summed E-state index contributed by atoms with van der Waals surface area (Å²) in [5, 5.41) is 20.2. The lowest BCUT2D eigenvalue weighted by Gasteiger charge is -2.24. The van der Waals surface area contributed by atoms with Crippen LogP contribution in [0.25, 0.3) is 0 Å².